The van der Waals surface area contributed by atoms with Crippen molar-refractivity contribution in [2.45, 2.75) is 33.2 Å². The number of fused-ring (bicyclic) bond motifs is 1. The molecule has 3 rings (SSSR count). The molecule has 0 atom stereocenters. The molecule has 6 heteroatoms. The van der Waals surface area contributed by atoms with Crippen molar-refractivity contribution in [3.8, 4) is 11.5 Å². The van der Waals surface area contributed by atoms with Gasteiger partial charge in [0.15, 0.2) is 17.5 Å². The lowest BCUT2D eigenvalue weighted by Gasteiger charge is -2.30. The van der Waals surface area contributed by atoms with Gasteiger partial charge in [-0.2, -0.15) is 0 Å². The summed E-state index contributed by atoms with van der Waals surface area (Å²) >= 11 is 0. The van der Waals surface area contributed by atoms with Crippen LogP contribution in [0.5, 0.6) is 11.5 Å². The molecule has 150 valence electrons. The van der Waals surface area contributed by atoms with Crippen LogP contribution < -0.4 is 14.8 Å². The number of hydrogen-bond donors (Lipinski definition) is 1. The molecular formula is C21H34N4O2. The molecule has 0 unspecified atom stereocenters. The van der Waals surface area contributed by atoms with Crippen molar-refractivity contribution in [1.82, 2.24) is 15.1 Å². The Morgan fingerprint density at radius 1 is 1.15 bits per heavy atom. The summed E-state index contributed by atoms with van der Waals surface area (Å²) in [5.41, 5.74) is 3.09. The fourth-order valence-electron chi connectivity index (χ4n) is 4.08. The third kappa shape index (κ3) is 4.67. The van der Waals surface area contributed by atoms with Gasteiger partial charge in [0.25, 0.3) is 0 Å². The van der Waals surface area contributed by atoms with Gasteiger partial charge in [-0.25, -0.2) is 0 Å². The molecule has 1 aromatic carbocycles. The molecular weight excluding hydrogens is 340 g/mol. The summed E-state index contributed by atoms with van der Waals surface area (Å²) in [5.74, 6) is 2.67. The van der Waals surface area contributed by atoms with Crippen LogP contribution in [-0.4, -0.2) is 69.8 Å². The van der Waals surface area contributed by atoms with Crippen LogP contribution in [0.25, 0.3) is 0 Å². The largest absolute Gasteiger partial charge is 0.493 e. The minimum absolute atomic E-state index is 0.383. The molecule has 1 fully saturated rings. The van der Waals surface area contributed by atoms with E-state index in [1.54, 1.807) is 14.2 Å². The lowest BCUT2D eigenvalue weighted by Crippen LogP contribution is -2.44. The van der Waals surface area contributed by atoms with E-state index in [-0.39, 0.29) is 0 Å². The first-order valence-corrected chi connectivity index (χ1v) is 9.87. The fraction of sp³-hybridized carbons (Fsp3) is 0.667. The van der Waals surface area contributed by atoms with Gasteiger partial charge in [0.05, 0.1) is 14.2 Å². The Morgan fingerprint density at radius 3 is 2.44 bits per heavy atom. The summed E-state index contributed by atoms with van der Waals surface area (Å²) in [5, 5.41) is 3.55. The maximum absolute atomic E-state index is 5.46. The van der Waals surface area contributed by atoms with E-state index in [9.17, 15) is 0 Å². The molecule has 0 amide bonds. The Hall–Kier alpha value is -1.95. The number of hydrogen-bond acceptors (Lipinski definition) is 4. The van der Waals surface area contributed by atoms with Crippen molar-refractivity contribution >= 4 is 5.96 Å². The van der Waals surface area contributed by atoms with Gasteiger partial charge in [-0.15, -0.1) is 0 Å². The van der Waals surface area contributed by atoms with Crippen molar-refractivity contribution < 1.29 is 9.47 Å². The minimum atomic E-state index is 0.383. The van der Waals surface area contributed by atoms with Crippen LogP contribution in [0.2, 0.25) is 0 Å². The summed E-state index contributed by atoms with van der Waals surface area (Å²) < 4.78 is 10.9. The number of nitrogens with zero attached hydrogens (tertiary/aromatic N) is 3. The fourth-order valence-corrected chi connectivity index (χ4v) is 4.08. The lowest BCUT2D eigenvalue weighted by atomic mass is 9.93. The molecule has 1 saturated heterocycles. The second kappa shape index (κ2) is 8.38. The van der Waals surface area contributed by atoms with E-state index in [0.29, 0.717) is 5.41 Å². The average Bonchev–Trinajstić information content (AvgIpc) is 3.03. The number of likely N-dealkylation sites (tertiary alicyclic amines) is 1. The Balaban J connectivity index is 1.53. The maximum Gasteiger partial charge on any atom is 0.193 e. The summed E-state index contributed by atoms with van der Waals surface area (Å²) in [6.07, 6.45) is 2.27. The van der Waals surface area contributed by atoms with Crippen molar-refractivity contribution in [3.63, 3.8) is 0 Å². The molecule has 27 heavy (non-hydrogen) atoms. The Bertz CT molecular complexity index is 687. The van der Waals surface area contributed by atoms with Gasteiger partial charge < -0.3 is 19.7 Å². The molecule has 1 aromatic rings. The minimum Gasteiger partial charge on any atom is -0.493 e. The van der Waals surface area contributed by atoms with E-state index in [0.717, 1.165) is 63.1 Å². The zero-order valence-electron chi connectivity index (χ0n) is 17.5. The van der Waals surface area contributed by atoms with E-state index < -0.39 is 0 Å². The van der Waals surface area contributed by atoms with Crippen molar-refractivity contribution in [2.75, 3.05) is 54.0 Å². The molecule has 1 N–H and O–H groups in total. The first-order chi connectivity index (χ1) is 13.0. The second-order valence-corrected chi connectivity index (χ2v) is 8.31. The molecule has 2 heterocycles. The predicted octanol–water partition coefficient (Wildman–Crippen LogP) is 2.37. The van der Waals surface area contributed by atoms with Gasteiger partial charge in [-0.3, -0.25) is 9.89 Å². The number of guanidine groups is 1. The normalized spacial score (nSPS) is 19.7. The molecule has 0 saturated carbocycles. The third-order valence-electron chi connectivity index (χ3n) is 5.70. The van der Waals surface area contributed by atoms with Crippen LogP contribution in [0.1, 0.15) is 31.4 Å². The summed E-state index contributed by atoms with van der Waals surface area (Å²) in [6, 6.07) is 4.25. The highest BCUT2D eigenvalue weighted by Crippen LogP contribution is 2.33. The lowest BCUT2D eigenvalue weighted by molar-refractivity contribution is 0.255. The quantitative estimate of drug-likeness (QED) is 0.633. The number of aliphatic imine (C=N–C) groups is 1. The monoisotopic (exact) mass is 374 g/mol. The van der Waals surface area contributed by atoms with Crippen LogP contribution in [0.4, 0.5) is 0 Å². The van der Waals surface area contributed by atoms with E-state index in [4.69, 9.17) is 9.47 Å². The molecule has 0 aliphatic carbocycles. The van der Waals surface area contributed by atoms with Gasteiger partial charge >= 0.3 is 0 Å². The molecule has 0 radical (unpaired) electrons. The smallest absolute Gasteiger partial charge is 0.193 e. The average molecular weight is 375 g/mol. The van der Waals surface area contributed by atoms with Gasteiger partial charge in [-0.05, 0) is 41.5 Å². The van der Waals surface area contributed by atoms with Crippen LogP contribution in [-0.2, 0) is 13.0 Å². The zero-order chi connectivity index (χ0) is 19.4. The molecule has 0 spiro atoms. The first-order valence-electron chi connectivity index (χ1n) is 9.87. The van der Waals surface area contributed by atoms with Gasteiger partial charge in [0.2, 0.25) is 0 Å². The highest BCUT2D eigenvalue weighted by molar-refractivity contribution is 5.80. The zero-order valence-corrected chi connectivity index (χ0v) is 17.5. The Morgan fingerprint density at radius 2 is 1.85 bits per heavy atom. The second-order valence-electron chi connectivity index (χ2n) is 8.31. The van der Waals surface area contributed by atoms with E-state index in [2.05, 4.69) is 46.1 Å². The maximum atomic E-state index is 5.46. The van der Waals surface area contributed by atoms with Crippen LogP contribution in [0.15, 0.2) is 17.1 Å². The molecule has 0 aromatic heterocycles. The van der Waals surface area contributed by atoms with Crippen LogP contribution >= 0.6 is 0 Å². The third-order valence-corrected chi connectivity index (χ3v) is 5.70. The summed E-state index contributed by atoms with van der Waals surface area (Å²) in [6.45, 7) is 10.8. The molecule has 2 aliphatic rings. The molecule has 2 aliphatic heterocycles. The predicted molar refractivity (Wildman–Crippen MR) is 110 cm³/mol. The van der Waals surface area contributed by atoms with Gasteiger partial charge in [0, 0.05) is 46.3 Å². The highest BCUT2D eigenvalue weighted by atomic mass is 16.5. The Kier molecular flexibility index (Phi) is 6.15. The van der Waals surface area contributed by atoms with Crippen molar-refractivity contribution in [3.05, 3.63) is 23.3 Å². The van der Waals surface area contributed by atoms with Crippen LogP contribution in [0.3, 0.4) is 0 Å². The summed E-state index contributed by atoms with van der Waals surface area (Å²) in [7, 11) is 5.27. The number of methoxy groups -OCH3 is 2. The number of nitrogens with one attached hydrogen (secondary N) is 1. The topological polar surface area (TPSA) is 49.3 Å². The first kappa shape index (κ1) is 19.8. The van der Waals surface area contributed by atoms with E-state index in [1.165, 1.54) is 17.5 Å². The van der Waals surface area contributed by atoms with Crippen LogP contribution in [0, 0.1) is 5.41 Å². The molecule has 6 nitrogen and oxygen atoms in total. The molecule has 0 bridgehead atoms. The number of benzene rings is 1. The number of rotatable bonds is 5. The van der Waals surface area contributed by atoms with E-state index in [1.807, 2.05) is 7.05 Å². The number of ether oxygens (including phenoxy) is 2. The van der Waals surface area contributed by atoms with Gasteiger partial charge in [-0.1, -0.05) is 13.8 Å². The summed E-state index contributed by atoms with van der Waals surface area (Å²) in [4.78, 5) is 9.34. The highest BCUT2D eigenvalue weighted by Gasteiger charge is 2.30. The standard InChI is InChI=1S/C21H34N4O2/c1-21(2)7-10-25(15-21)20(22-3)23-8-11-24-9-6-16-12-18(26-4)19(27-5)13-17(16)14-24/h12-13H,6-11,14-15H2,1-5H3,(H,22,23). The SMILES string of the molecule is CN=C(NCCN1CCc2cc(OC)c(OC)cc2C1)N1CCC(C)(C)C1. The Labute approximate surface area is 163 Å². The van der Waals surface area contributed by atoms with Crippen molar-refractivity contribution in [2.24, 2.45) is 10.4 Å². The van der Waals surface area contributed by atoms with E-state index >= 15 is 0 Å². The van der Waals surface area contributed by atoms with Crippen molar-refractivity contribution in [1.29, 1.82) is 0 Å². The van der Waals surface area contributed by atoms with Gasteiger partial charge in [0.1, 0.15) is 0 Å².